The van der Waals surface area contributed by atoms with Crippen LogP contribution in [0.25, 0.3) is 22.3 Å². The van der Waals surface area contributed by atoms with Crippen LogP contribution < -0.4 is 10.2 Å². The Morgan fingerprint density at radius 1 is 1.15 bits per heavy atom. The molecular weight excluding hydrogens is 440 g/mol. The van der Waals surface area contributed by atoms with Crippen molar-refractivity contribution in [3.63, 3.8) is 0 Å². The summed E-state index contributed by atoms with van der Waals surface area (Å²) in [6, 6.07) is 6.99. The predicted molar refractivity (Wildman–Crippen MR) is 128 cm³/mol. The number of hydrogen-bond acceptors (Lipinski definition) is 8. The summed E-state index contributed by atoms with van der Waals surface area (Å²) in [6.07, 6.45) is 1.94. The minimum atomic E-state index is -1.20. The molecule has 0 saturated heterocycles. The van der Waals surface area contributed by atoms with Crippen molar-refractivity contribution in [1.29, 1.82) is 0 Å². The molecule has 0 saturated carbocycles. The van der Waals surface area contributed by atoms with E-state index in [1.54, 1.807) is 12.1 Å². The number of benzene rings is 2. The van der Waals surface area contributed by atoms with Gasteiger partial charge in [-0.3, -0.25) is 4.79 Å². The van der Waals surface area contributed by atoms with Crippen molar-refractivity contribution in [1.82, 2.24) is 0 Å². The summed E-state index contributed by atoms with van der Waals surface area (Å²) >= 11 is 0. The minimum absolute atomic E-state index is 0.0160. The third-order valence-electron chi connectivity index (χ3n) is 5.82. The van der Waals surface area contributed by atoms with Gasteiger partial charge in [-0.15, -0.1) is 0 Å². The molecule has 2 aromatic carbocycles. The van der Waals surface area contributed by atoms with E-state index in [9.17, 15) is 30.3 Å². The number of aliphatic hydroxyl groups is 2. The number of methoxy groups -OCH3 is 1. The summed E-state index contributed by atoms with van der Waals surface area (Å²) < 4.78 is 10.9. The Kier molecular flexibility index (Phi) is 7.24. The molecule has 0 radical (unpaired) electrons. The van der Waals surface area contributed by atoms with Gasteiger partial charge in [-0.25, -0.2) is 0 Å². The minimum Gasteiger partial charge on any atom is -0.507 e. The van der Waals surface area contributed by atoms with Crippen LogP contribution in [-0.4, -0.2) is 44.3 Å². The number of phenolic OH excluding ortho intramolecular Hbond substituents is 3. The van der Waals surface area contributed by atoms with Crippen molar-refractivity contribution in [3.8, 4) is 34.3 Å². The second kappa shape index (κ2) is 9.79. The van der Waals surface area contributed by atoms with E-state index in [0.29, 0.717) is 18.4 Å². The highest BCUT2D eigenvalue weighted by Crippen LogP contribution is 2.37. The van der Waals surface area contributed by atoms with Crippen molar-refractivity contribution >= 4 is 11.0 Å². The average Bonchev–Trinajstić information content (AvgIpc) is 2.76. The lowest BCUT2D eigenvalue weighted by Gasteiger charge is -2.24. The fourth-order valence-corrected chi connectivity index (χ4v) is 3.60. The normalized spacial score (nSPS) is 13.3. The molecule has 0 spiro atoms. The number of allylic oxidation sites excluding steroid dienone is 2. The second-order valence-electron chi connectivity index (χ2n) is 8.92. The first kappa shape index (κ1) is 25.1. The van der Waals surface area contributed by atoms with E-state index < -0.39 is 17.1 Å². The van der Waals surface area contributed by atoms with Gasteiger partial charge in [-0.2, -0.15) is 0 Å². The van der Waals surface area contributed by atoms with Crippen molar-refractivity contribution in [3.05, 3.63) is 57.8 Å². The number of ether oxygens (including phenoxy) is 1. The van der Waals surface area contributed by atoms with Gasteiger partial charge >= 0.3 is 0 Å². The standard InChI is InChI=1S/C26H30O8/c1-14(6-10-23(30)26(2,3)32)5-8-16-18(28)12-22-24(25(16)31)19(29)13-20(34-22)15-7-9-17(27)21(11-15)33-4/h5,7,9,11-13,23,27-28,30-32H,6,8,10H2,1-4H3/b14-5+/t23-/m0/s1. The predicted octanol–water partition coefficient (Wildman–Crippen LogP) is 3.99. The molecule has 0 amide bonds. The molecule has 1 aromatic heterocycles. The lowest BCUT2D eigenvalue weighted by molar-refractivity contribution is -0.0509. The number of fused-ring (bicyclic) bond motifs is 1. The van der Waals surface area contributed by atoms with Crippen LogP contribution in [0, 0.1) is 0 Å². The van der Waals surface area contributed by atoms with E-state index in [2.05, 4.69) is 0 Å². The maximum absolute atomic E-state index is 12.8. The summed E-state index contributed by atoms with van der Waals surface area (Å²) in [5.74, 6) is -0.262. The maximum Gasteiger partial charge on any atom is 0.197 e. The fraction of sp³-hybridized carbons (Fsp3) is 0.346. The van der Waals surface area contributed by atoms with Gasteiger partial charge in [-0.05, 0) is 58.2 Å². The van der Waals surface area contributed by atoms with Crippen LogP contribution in [0.3, 0.4) is 0 Å². The molecule has 1 atom stereocenters. The topological polar surface area (TPSA) is 141 Å². The molecule has 182 valence electrons. The summed E-state index contributed by atoms with van der Waals surface area (Å²) in [6.45, 7) is 4.92. The van der Waals surface area contributed by atoms with Gasteiger partial charge in [0.25, 0.3) is 0 Å². The Morgan fingerprint density at radius 3 is 2.50 bits per heavy atom. The van der Waals surface area contributed by atoms with E-state index in [0.717, 1.165) is 5.57 Å². The zero-order valence-electron chi connectivity index (χ0n) is 19.6. The Hall–Kier alpha value is -3.49. The highest BCUT2D eigenvalue weighted by atomic mass is 16.5. The number of hydrogen-bond donors (Lipinski definition) is 5. The van der Waals surface area contributed by atoms with Crippen molar-refractivity contribution in [2.24, 2.45) is 0 Å². The molecule has 8 nitrogen and oxygen atoms in total. The average molecular weight is 471 g/mol. The third kappa shape index (κ3) is 5.35. The van der Waals surface area contributed by atoms with E-state index >= 15 is 0 Å². The summed E-state index contributed by atoms with van der Waals surface area (Å²) in [5, 5.41) is 50.8. The molecule has 1 heterocycles. The highest BCUT2D eigenvalue weighted by Gasteiger charge is 2.24. The Morgan fingerprint density at radius 2 is 1.85 bits per heavy atom. The van der Waals surface area contributed by atoms with E-state index in [4.69, 9.17) is 9.15 Å². The number of rotatable bonds is 8. The summed E-state index contributed by atoms with van der Waals surface area (Å²) in [4.78, 5) is 12.8. The van der Waals surface area contributed by atoms with E-state index in [1.807, 2.05) is 6.92 Å². The maximum atomic E-state index is 12.8. The van der Waals surface area contributed by atoms with Gasteiger partial charge in [0.2, 0.25) is 0 Å². The number of aliphatic hydroxyl groups excluding tert-OH is 1. The Labute approximate surface area is 197 Å². The second-order valence-corrected chi connectivity index (χ2v) is 8.92. The molecule has 34 heavy (non-hydrogen) atoms. The monoisotopic (exact) mass is 470 g/mol. The van der Waals surface area contributed by atoms with Crippen molar-refractivity contribution in [2.45, 2.75) is 51.7 Å². The molecule has 3 aromatic rings. The molecule has 0 aliphatic heterocycles. The zero-order valence-corrected chi connectivity index (χ0v) is 19.6. The molecule has 3 rings (SSSR count). The number of aromatic hydroxyl groups is 3. The van der Waals surface area contributed by atoms with Crippen LogP contribution in [0.4, 0.5) is 0 Å². The smallest absolute Gasteiger partial charge is 0.197 e. The molecule has 0 bridgehead atoms. The van der Waals surface area contributed by atoms with Crippen molar-refractivity contribution < 1.29 is 34.7 Å². The SMILES string of the molecule is COc1cc(-c2cc(=O)c3c(O)c(C/C=C(\C)CC[C@H](O)C(C)(C)O)c(O)cc3o2)ccc1O. The van der Waals surface area contributed by atoms with Crippen LogP contribution >= 0.6 is 0 Å². The van der Waals surface area contributed by atoms with Crippen LogP contribution in [0.2, 0.25) is 0 Å². The fourth-order valence-electron chi connectivity index (χ4n) is 3.60. The largest absolute Gasteiger partial charge is 0.507 e. The van der Waals surface area contributed by atoms with Crippen LogP contribution in [0.1, 0.15) is 39.2 Å². The molecule has 0 fully saturated rings. The van der Waals surface area contributed by atoms with Crippen LogP contribution in [0.5, 0.6) is 23.0 Å². The highest BCUT2D eigenvalue weighted by molar-refractivity contribution is 5.88. The van der Waals surface area contributed by atoms with Crippen molar-refractivity contribution in [2.75, 3.05) is 7.11 Å². The van der Waals surface area contributed by atoms with Crippen LogP contribution in [-0.2, 0) is 6.42 Å². The molecule has 0 aliphatic rings. The van der Waals surface area contributed by atoms with Crippen LogP contribution in [0.15, 0.2) is 51.2 Å². The molecular formula is C26H30O8. The van der Waals surface area contributed by atoms with Gasteiger partial charge < -0.3 is 34.7 Å². The Balaban J connectivity index is 1.92. The zero-order chi connectivity index (χ0) is 25.2. The first-order valence-electron chi connectivity index (χ1n) is 10.9. The molecule has 5 N–H and O–H groups in total. The lowest BCUT2D eigenvalue weighted by Crippen LogP contribution is -2.35. The molecule has 0 aliphatic carbocycles. The first-order chi connectivity index (χ1) is 15.9. The molecule has 8 heteroatoms. The van der Waals surface area contributed by atoms with Gasteiger partial charge in [0.1, 0.15) is 28.2 Å². The van der Waals surface area contributed by atoms with Gasteiger partial charge in [-0.1, -0.05) is 11.6 Å². The Bertz CT molecular complexity index is 1280. The number of phenols is 3. The quantitative estimate of drug-likeness (QED) is 0.311. The summed E-state index contributed by atoms with van der Waals surface area (Å²) in [5.41, 5.74) is -0.123. The van der Waals surface area contributed by atoms with E-state index in [1.165, 1.54) is 45.2 Å². The molecule has 0 unspecified atom stereocenters. The lowest BCUT2D eigenvalue weighted by atomic mass is 9.95. The van der Waals surface area contributed by atoms with Gasteiger partial charge in [0.05, 0.1) is 18.8 Å². The third-order valence-corrected chi connectivity index (χ3v) is 5.82. The van der Waals surface area contributed by atoms with E-state index in [-0.39, 0.29) is 51.7 Å². The van der Waals surface area contributed by atoms with Gasteiger partial charge in [0.15, 0.2) is 16.9 Å². The first-order valence-corrected chi connectivity index (χ1v) is 10.9. The van der Waals surface area contributed by atoms with Gasteiger partial charge in [0, 0.05) is 23.3 Å². The summed E-state index contributed by atoms with van der Waals surface area (Å²) in [7, 11) is 1.40.